The van der Waals surface area contributed by atoms with E-state index in [2.05, 4.69) is 15.2 Å². The van der Waals surface area contributed by atoms with Crippen LogP contribution in [0.15, 0.2) is 70.1 Å². The van der Waals surface area contributed by atoms with Crippen LogP contribution in [0.25, 0.3) is 11.0 Å². The summed E-state index contributed by atoms with van der Waals surface area (Å²) in [4.78, 5) is 22.6. The van der Waals surface area contributed by atoms with Gasteiger partial charge in [0.1, 0.15) is 35.3 Å². The Labute approximate surface area is 194 Å². The van der Waals surface area contributed by atoms with E-state index in [1.165, 1.54) is 7.11 Å². The first-order chi connectivity index (χ1) is 16.1. The first kappa shape index (κ1) is 22.8. The molecule has 0 aliphatic carbocycles. The van der Waals surface area contributed by atoms with Gasteiger partial charge in [0, 0.05) is 23.8 Å². The smallest absolute Gasteiger partial charge is 0.257 e. The Morgan fingerprint density at radius 1 is 1.09 bits per heavy atom. The van der Waals surface area contributed by atoms with Crippen molar-refractivity contribution in [3.63, 3.8) is 0 Å². The van der Waals surface area contributed by atoms with Crippen LogP contribution in [-0.2, 0) is 20.6 Å². The number of pyridine rings is 1. The zero-order valence-electron chi connectivity index (χ0n) is 18.3. The lowest BCUT2D eigenvalue weighted by molar-refractivity contribution is -0.160. The summed E-state index contributed by atoms with van der Waals surface area (Å²) in [5.74, 6) is 1.82. The Balaban J connectivity index is 1.64. The van der Waals surface area contributed by atoms with Crippen molar-refractivity contribution in [1.29, 1.82) is 0 Å². The molecule has 0 atom stereocenters. The van der Waals surface area contributed by atoms with Crippen molar-refractivity contribution in [2.24, 2.45) is 0 Å². The van der Waals surface area contributed by atoms with Crippen LogP contribution in [0.1, 0.15) is 21.7 Å². The van der Waals surface area contributed by atoms with Crippen molar-refractivity contribution in [3.05, 3.63) is 77.7 Å². The minimum absolute atomic E-state index is 0.300. The van der Waals surface area contributed by atoms with Gasteiger partial charge in [0.2, 0.25) is 0 Å². The fourth-order valence-electron chi connectivity index (χ4n) is 3.08. The Hall–Kier alpha value is -3.37. The van der Waals surface area contributed by atoms with Crippen molar-refractivity contribution >= 4 is 34.7 Å². The number of ether oxygens (including phenoxy) is 2. The van der Waals surface area contributed by atoms with Gasteiger partial charge in [-0.3, -0.25) is 4.79 Å². The van der Waals surface area contributed by atoms with E-state index in [9.17, 15) is 4.79 Å². The van der Waals surface area contributed by atoms with Crippen LogP contribution in [0.2, 0.25) is 0 Å². The third-order valence-corrected chi connectivity index (χ3v) is 5.27. The highest BCUT2D eigenvalue weighted by Crippen LogP contribution is 2.35. The van der Waals surface area contributed by atoms with Crippen molar-refractivity contribution in [1.82, 2.24) is 4.98 Å². The highest BCUT2D eigenvalue weighted by Gasteiger charge is 2.17. The van der Waals surface area contributed by atoms with Crippen LogP contribution >= 0.6 is 12.0 Å². The lowest BCUT2D eigenvalue weighted by Gasteiger charge is -2.10. The number of hydrogen-bond acceptors (Lipinski definition) is 8. The number of hydrogen-bond donors (Lipinski definition) is 1. The summed E-state index contributed by atoms with van der Waals surface area (Å²) in [6.45, 7) is 2.23. The molecule has 0 saturated carbocycles. The number of carbonyl (C=O) groups excluding carboxylic acids is 1. The van der Waals surface area contributed by atoms with Crippen LogP contribution in [-0.4, -0.2) is 25.1 Å². The Bertz CT molecular complexity index is 1240. The lowest BCUT2D eigenvalue weighted by atomic mass is 10.1. The highest BCUT2D eigenvalue weighted by molar-refractivity contribution is 7.94. The zero-order valence-corrected chi connectivity index (χ0v) is 19.1. The minimum Gasteiger partial charge on any atom is -0.458 e. The Morgan fingerprint density at radius 2 is 1.91 bits per heavy atom. The molecule has 33 heavy (non-hydrogen) atoms. The summed E-state index contributed by atoms with van der Waals surface area (Å²) in [7, 11) is 3.03. The molecule has 2 aromatic heterocycles. The first-order valence-corrected chi connectivity index (χ1v) is 10.7. The Morgan fingerprint density at radius 3 is 2.61 bits per heavy atom. The molecule has 4 aromatic rings. The quantitative estimate of drug-likeness (QED) is 0.185. The summed E-state index contributed by atoms with van der Waals surface area (Å²) in [6, 6.07) is 16.1. The molecule has 4 rings (SSSR count). The van der Waals surface area contributed by atoms with E-state index in [0.717, 1.165) is 27.9 Å². The van der Waals surface area contributed by atoms with E-state index in [1.54, 1.807) is 43.6 Å². The summed E-state index contributed by atoms with van der Waals surface area (Å²) in [5.41, 5.74) is 1.89. The van der Waals surface area contributed by atoms with Gasteiger partial charge in [-0.25, -0.2) is 9.87 Å². The number of methoxy groups -OCH3 is 1. The van der Waals surface area contributed by atoms with Gasteiger partial charge in [-0.2, -0.15) is 4.33 Å². The van der Waals surface area contributed by atoms with E-state index in [-0.39, 0.29) is 5.91 Å². The molecule has 0 aliphatic rings. The number of anilines is 1. The number of carbonyl (C=O) groups is 1. The molecule has 0 spiro atoms. The number of nitrogens with one attached hydrogen (secondary N) is 1. The number of furan rings is 1. The van der Waals surface area contributed by atoms with Crippen molar-refractivity contribution in [2.45, 2.75) is 18.4 Å². The van der Waals surface area contributed by atoms with Crippen molar-refractivity contribution in [3.8, 4) is 11.5 Å². The predicted octanol–water partition coefficient (Wildman–Crippen LogP) is 5.91. The standard InChI is InChI=1S/C24H22N2O6S/c1-15-4-9-23(25-13-15)26-24(27)16-10-21(20-12-18(14-28-2)31-22(20)11-16)30-17-5-7-19(8-6-17)33-32-29-3/h4-13H,14H2,1-3H3,(H,25,26,27). The van der Waals surface area contributed by atoms with Gasteiger partial charge in [-0.15, -0.1) is 0 Å². The molecule has 8 nitrogen and oxygen atoms in total. The Kier molecular flexibility index (Phi) is 7.26. The molecular formula is C24H22N2O6S. The molecule has 1 N–H and O–H groups in total. The van der Waals surface area contributed by atoms with E-state index in [4.69, 9.17) is 18.2 Å². The zero-order chi connectivity index (χ0) is 23.2. The third kappa shape index (κ3) is 5.71. The van der Waals surface area contributed by atoms with E-state index >= 15 is 0 Å². The average molecular weight is 467 g/mol. The van der Waals surface area contributed by atoms with Crippen LogP contribution in [0.5, 0.6) is 11.5 Å². The molecule has 170 valence electrons. The normalized spacial score (nSPS) is 11.0. The fourth-order valence-corrected chi connectivity index (χ4v) is 3.48. The number of nitrogens with zero attached hydrogens (tertiary/aromatic N) is 1. The SMILES string of the molecule is COCc1cc2c(Oc3ccc(SOOC)cc3)cc(C(=O)Nc3ccc(C)cn3)cc2o1. The number of rotatable bonds is 9. The molecule has 0 aliphatic heterocycles. The predicted molar refractivity (Wildman–Crippen MR) is 124 cm³/mol. The van der Waals surface area contributed by atoms with Crippen LogP contribution in [0.3, 0.4) is 0 Å². The molecule has 1 amide bonds. The summed E-state index contributed by atoms with van der Waals surface area (Å²) >= 11 is 1.09. The van der Waals surface area contributed by atoms with Gasteiger partial charge in [0.25, 0.3) is 5.91 Å². The monoisotopic (exact) mass is 466 g/mol. The number of aromatic nitrogens is 1. The second kappa shape index (κ2) is 10.5. The minimum atomic E-state index is -0.328. The van der Waals surface area contributed by atoms with Gasteiger partial charge >= 0.3 is 0 Å². The maximum absolute atomic E-state index is 12.9. The van der Waals surface area contributed by atoms with Gasteiger partial charge in [0.05, 0.1) is 24.5 Å². The highest BCUT2D eigenvalue weighted by atomic mass is 32.2. The van der Waals surface area contributed by atoms with E-state index < -0.39 is 0 Å². The molecule has 2 heterocycles. The maximum atomic E-state index is 12.9. The van der Waals surface area contributed by atoms with Gasteiger partial charge in [0.15, 0.2) is 0 Å². The van der Waals surface area contributed by atoms with Crippen molar-refractivity contribution < 1.29 is 27.9 Å². The third-order valence-electron chi connectivity index (χ3n) is 4.60. The molecule has 2 aromatic carbocycles. The molecule has 0 radical (unpaired) electrons. The van der Waals surface area contributed by atoms with Crippen LogP contribution in [0.4, 0.5) is 5.82 Å². The molecular weight excluding hydrogens is 444 g/mol. The van der Waals surface area contributed by atoms with E-state index in [0.29, 0.717) is 40.8 Å². The molecule has 0 fully saturated rings. The van der Waals surface area contributed by atoms with Gasteiger partial charge in [-0.05, 0) is 61.0 Å². The number of fused-ring (bicyclic) bond motifs is 1. The molecule has 9 heteroatoms. The topological polar surface area (TPSA) is 92.0 Å². The largest absolute Gasteiger partial charge is 0.458 e. The first-order valence-electron chi connectivity index (χ1n) is 10.0. The second-order valence-corrected chi connectivity index (χ2v) is 7.87. The molecule has 0 unspecified atom stereocenters. The van der Waals surface area contributed by atoms with E-state index in [1.807, 2.05) is 31.2 Å². The number of aryl methyl sites for hydroxylation is 1. The summed E-state index contributed by atoms with van der Waals surface area (Å²) in [5, 5.41) is 3.53. The summed E-state index contributed by atoms with van der Waals surface area (Å²) in [6.07, 6.45) is 1.69. The maximum Gasteiger partial charge on any atom is 0.257 e. The second-order valence-electron chi connectivity index (χ2n) is 7.10. The average Bonchev–Trinajstić information content (AvgIpc) is 3.23. The fraction of sp³-hybridized carbons (Fsp3) is 0.167. The molecule has 0 saturated heterocycles. The number of benzene rings is 2. The van der Waals surface area contributed by atoms with Crippen molar-refractivity contribution in [2.75, 3.05) is 19.5 Å². The molecule has 0 bridgehead atoms. The van der Waals surface area contributed by atoms with Crippen LogP contribution < -0.4 is 10.1 Å². The number of amides is 1. The van der Waals surface area contributed by atoms with Gasteiger partial charge in [-0.1, -0.05) is 6.07 Å². The lowest BCUT2D eigenvalue weighted by Crippen LogP contribution is -2.13. The summed E-state index contributed by atoms with van der Waals surface area (Å²) < 4.78 is 22.0. The van der Waals surface area contributed by atoms with Gasteiger partial charge < -0.3 is 19.2 Å². The van der Waals surface area contributed by atoms with Crippen LogP contribution in [0, 0.1) is 6.92 Å².